The number of anilines is 3. The van der Waals surface area contributed by atoms with Gasteiger partial charge in [0.1, 0.15) is 11.4 Å². The zero-order valence-electron chi connectivity index (χ0n) is 24.9. The van der Waals surface area contributed by atoms with Crippen molar-refractivity contribution in [3.8, 4) is 0 Å². The van der Waals surface area contributed by atoms with Crippen LogP contribution in [0.3, 0.4) is 0 Å². The van der Waals surface area contributed by atoms with E-state index in [-0.39, 0.29) is 23.9 Å². The first kappa shape index (κ1) is 32.5. The summed E-state index contributed by atoms with van der Waals surface area (Å²) in [5, 5.41) is 16.0. The van der Waals surface area contributed by atoms with Crippen LogP contribution in [0.4, 0.5) is 17.5 Å². The number of rotatable bonds is 16. The molecule has 3 rings (SSSR count). The lowest BCUT2D eigenvalue weighted by molar-refractivity contribution is -0.117. The van der Waals surface area contributed by atoms with Crippen LogP contribution in [0.2, 0.25) is 0 Å². The van der Waals surface area contributed by atoms with E-state index in [1.807, 2.05) is 32.0 Å². The number of carbonyl (C=O) groups excluding carboxylic acids is 3. The summed E-state index contributed by atoms with van der Waals surface area (Å²) in [7, 11) is 3.93. The van der Waals surface area contributed by atoms with Gasteiger partial charge in [0.2, 0.25) is 17.8 Å². The molecule has 1 aromatic carbocycles. The highest BCUT2D eigenvalue weighted by Gasteiger charge is 2.25. The molecule has 1 aromatic heterocycles. The minimum atomic E-state index is -0.499. The lowest BCUT2D eigenvalue weighted by Crippen LogP contribution is -2.51. The van der Waals surface area contributed by atoms with Crippen LogP contribution in [-0.2, 0) is 4.79 Å². The van der Waals surface area contributed by atoms with Crippen LogP contribution < -0.4 is 32.3 Å². The van der Waals surface area contributed by atoms with Crippen LogP contribution in [0, 0.1) is 0 Å². The summed E-state index contributed by atoms with van der Waals surface area (Å²) in [6, 6.07) is 6.97. The van der Waals surface area contributed by atoms with E-state index in [2.05, 4.69) is 36.6 Å². The normalized spacial score (nSPS) is 16.8. The molecule has 0 spiro atoms. The van der Waals surface area contributed by atoms with Crippen molar-refractivity contribution in [2.75, 3.05) is 50.9 Å². The fourth-order valence-electron chi connectivity index (χ4n) is 4.66. The van der Waals surface area contributed by atoms with Gasteiger partial charge < -0.3 is 37.2 Å². The average molecular weight is 580 g/mol. The molecule has 0 bridgehead atoms. The molecule has 2 aromatic rings. The number of aromatic nitrogens is 2. The van der Waals surface area contributed by atoms with Gasteiger partial charge in [0.25, 0.3) is 5.91 Å². The Morgan fingerprint density at radius 1 is 1.05 bits per heavy atom. The van der Waals surface area contributed by atoms with Crippen molar-refractivity contribution in [3.63, 3.8) is 0 Å². The van der Waals surface area contributed by atoms with Crippen molar-refractivity contribution in [2.45, 2.75) is 57.5 Å². The summed E-state index contributed by atoms with van der Waals surface area (Å²) in [6.07, 6.45) is 10.8. The molecule has 1 unspecified atom stereocenters. The first-order valence-electron chi connectivity index (χ1n) is 14.7. The predicted molar refractivity (Wildman–Crippen MR) is 166 cm³/mol. The fraction of sp³-hybridized carbons (Fsp3) is 0.500. The smallest absolute Gasteiger partial charge is 0.256 e. The van der Waals surface area contributed by atoms with Crippen LogP contribution in [-0.4, -0.2) is 84.9 Å². The molecule has 0 saturated heterocycles. The molecule has 1 heterocycles. The molecule has 42 heavy (non-hydrogen) atoms. The SMILES string of the molecule is CCCNc1nc(Nc2ccc(C(N)=O)cc2)ncc1C(=O)NCCCNC1CCCC[C@@H]1NC(=O)/C=C/CN(C)C. The van der Waals surface area contributed by atoms with Gasteiger partial charge in [0.15, 0.2) is 0 Å². The Labute approximate surface area is 248 Å². The number of hydrogen-bond donors (Lipinski definition) is 6. The third-order valence-corrected chi connectivity index (χ3v) is 6.88. The first-order valence-corrected chi connectivity index (χ1v) is 14.7. The molecule has 12 heteroatoms. The number of primary amides is 1. The van der Waals surface area contributed by atoms with Crippen molar-refractivity contribution in [2.24, 2.45) is 5.73 Å². The molecule has 0 aliphatic heterocycles. The number of amides is 3. The van der Waals surface area contributed by atoms with Crippen LogP contribution in [0.15, 0.2) is 42.6 Å². The molecule has 1 saturated carbocycles. The summed E-state index contributed by atoms with van der Waals surface area (Å²) < 4.78 is 0. The molecule has 228 valence electrons. The molecular weight excluding hydrogens is 534 g/mol. The summed E-state index contributed by atoms with van der Waals surface area (Å²) in [5.74, 6) is -0.0401. The molecule has 3 amide bonds. The van der Waals surface area contributed by atoms with E-state index < -0.39 is 5.91 Å². The average Bonchev–Trinajstić information content (AvgIpc) is 2.96. The molecule has 12 nitrogen and oxygen atoms in total. The maximum absolute atomic E-state index is 13.0. The molecule has 2 atom stereocenters. The largest absolute Gasteiger partial charge is 0.369 e. The van der Waals surface area contributed by atoms with Gasteiger partial charge in [-0.15, -0.1) is 0 Å². The van der Waals surface area contributed by atoms with Crippen molar-refractivity contribution in [1.82, 2.24) is 30.8 Å². The molecular formula is C30H45N9O3. The molecule has 1 aliphatic rings. The van der Waals surface area contributed by atoms with E-state index in [1.165, 1.54) is 6.20 Å². The quantitative estimate of drug-likeness (QED) is 0.129. The molecule has 7 N–H and O–H groups in total. The number of carbonyl (C=O) groups is 3. The van der Waals surface area contributed by atoms with E-state index in [9.17, 15) is 14.4 Å². The number of hydrogen-bond acceptors (Lipinski definition) is 9. The molecule has 1 aliphatic carbocycles. The van der Waals surface area contributed by atoms with Crippen molar-refractivity contribution in [1.29, 1.82) is 0 Å². The van der Waals surface area contributed by atoms with E-state index in [0.717, 1.165) is 51.6 Å². The van der Waals surface area contributed by atoms with Gasteiger partial charge in [-0.1, -0.05) is 25.8 Å². The van der Waals surface area contributed by atoms with E-state index in [4.69, 9.17) is 5.73 Å². The van der Waals surface area contributed by atoms with E-state index in [1.54, 1.807) is 30.3 Å². The fourth-order valence-corrected chi connectivity index (χ4v) is 4.66. The highest BCUT2D eigenvalue weighted by Crippen LogP contribution is 2.20. The Bertz CT molecular complexity index is 1200. The second-order valence-electron chi connectivity index (χ2n) is 10.7. The van der Waals surface area contributed by atoms with Gasteiger partial charge in [-0.05, 0) is 70.6 Å². The molecule has 0 radical (unpaired) electrons. The monoisotopic (exact) mass is 579 g/mol. The number of benzene rings is 1. The van der Waals surface area contributed by atoms with Gasteiger partial charge in [-0.2, -0.15) is 4.98 Å². The summed E-state index contributed by atoms with van der Waals surface area (Å²) in [5.41, 5.74) is 6.76. The Morgan fingerprint density at radius 3 is 2.48 bits per heavy atom. The van der Waals surface area contributed by atoms with E-state index >= 15 is 0 Å². The highest BCUT2D eigenvalue weighted by atomic mass is 16.2. The van der Waals surface area contributed by atoms with Crippen molar-refractivity contribution in [3.05, 3.63) is 53.7 Å². The number of nitrogens with two attached hydrogens (primary N) is 1. The van der Waals surface area contributed by atoms with Gasteiger partial charge in [-0.3, -0.25) is 14.4 Å². The summed E-state index contributed by atoms with van der Waals surface area (Å²) in [4.78, 5) is 47.5. The van der Waals surface area contributed by atoms with Crippen LogP contribution >= 0.6 is 0 Å². The second kappa shape index (κ2) is 17.0. The Morgan fingerprint density at radius 2 is 1.79 bits per heavy atom. The minimum absolute atomic E-state index is 0.0558. The third kappa shape index (κ3) is 10.7. The van der Waals surface area contributed by atoms with Gasteiger partial charge in [0, 0.05) is 55.2 Å². The van der Waals surface area contributed by atoms with Crippen LogP contribution in [0.1, 0.15) is 66.2 Å². The van der Waals surface area contributed by atoms with Crippen molar-refractivity contribution < 1.29 is 14.4 Å². The highest BCUT2D eigenvalue weighted by molar-refractivity contribution is 5.98. The lowest BCUT2D eigenvalue weighted by atomic mass is 9.90. The van der Waals surface area contributed by atoms with Crippen LogP contribution in [0.25, 0.3) is 0 Å². The zero-order valence-corrected chi connectivity index (χ0v) is 24.9. The summed E-state index contributed by atoms with van der Waals surface area (Å²) in [6.45, 7) is 4.62. The van der Waals surface area contributed by atoms with Gasteiger partial charge in [0.05, 0.1) is 0 Å². The minimum Gasteiger partial charge on any atom is -0.369 e. The molecule has 1 fully saturated rings. The predicted octanol–water partition coefficient (Wildman–Crippen LogP) is 2.40. The van der Waals surface area contributed by atoms with Gasteiger partial charge in [-0.25, -0.2) is 4.98 Å². The maximum atomic E-state index is 13.0. The van der Waals surface area contributed by atoms with Crippen LogP contribution in [0.5, 0.6) is 0 Å². The number of nitrogens with one attached hydrogen (secondary N) is 5. The Balaban J connectivity index is 1.49. The van der Waals surface area contributed by atoms with Gasteiger partial charge >= 0.3 is 0 Å². The number of likely N-dealkylation sites (N-methyl/N-ethyl adjacent to an activating group) is 1. The maximum Gasteiger partial charge on any atom is 0.256 e. The number of nitrogens with zero attached hydrogens (tertiary/aromatic N) is 3. The van der Waals surface area contributed by atoms with Crippen molar-refractivity contribution >= 4 is 35.2 Å². The Hall–Kier alpha value is -4.03. The topological polar surface area (TPSA) is 166 Å². The van der Waals surface area contributed by atoms with E-state index in [0.29, 0.717) is 41.7 Å². The lowest BCUT2D eigenvalue weighted by Gasteiger charge is -2.32. The zero-order chi connectivity index (χ0) is 30.3. The first-order chi connectivity index (χ1) is 20.3. The Kier molecular flexibility index (Phi) is 13.2. The third-order valence-electron chi connectivity index (χ3n) is 6.88. The standard InChI is InChI=1S/C30H45N9O3/c1-4-16-33-28-23(20-35-30(38-28)36-22-14-12-21(13-15-22)27(31)41)29(42)34-18-8-17-32-24-9-5-6-10-25(24)37-26(40)11-7-19-39(2)3/h7,11-15,20,24-25,32H,4-6,8-10,16-19H2,1-3H3,(H2,31,41)(H,34,42)(H,37,40)(H2,33,35,36,38)/b11-7+/t24?,25-/m0/s1. The summed E-state index contributed by atoms with van der Waals surface area (Å²) >= 11 is 0. The second-order valence-corrected chi connectivity index (χ2v) is 10.7.